The van der Waals surface area contributed by atoms with Gasteiger partial charge in [-0.3, -0.25) is 0 Å². The summed E-state index contributed by atoms with van der Waals surface area (Å²) in [5, 5.41) is 4.33. The molecule has 0 atom stereocenters. The van der Waals surface area contributed by atoms with E-state index < -0.39 is 9.84 Å². The van der Waals surface area contributed by atoms with Crippen molar-refractivity contribution in [3.63, 3.8) is 0 Å². The minimum Gasteiger partial charge on any atom is -0.350 e. The fourth-order valence-electron chi connectivity index (χ4n) is 1.80. The van der Waals surface area contributed by atoms with Gasteiger partial charge in [-0.25, -0.2) is 13.4 Å². The van der Waals surface area contributed by atoms with Crippen molar-refractivity contribution in [2.45, 2.75) is 46.2 Å². The molecule has 0 bridgehead atoms. The molecule has 0 aliphatic rings. The number of hydrogen-bond acceptors (Lipinski definition) is 6. The fraction of sp³-hybridized carbons (Fsp3) is 0.786. The van der Waals surface area contributed by atoms with Gasteiger partial charge in [0.05, 0.1) is 11.4 Å². The van der Waals surface area contributed by atoms with Crippen LogP contribution in [0, 0.1) is 0 Å². The van der Waals surface area contributed by atoms with E-state index in [0.717, 1.165) is 30.2 Å². The Morgan fingerprint density at radius 1 is 1.38 bits per heavy atom. The predicted molar refractivity (Wildman–Crippen MR) is 91.1 cm³/mol. The van der Waals surface area contributed by atoms with E-state index in [2.05, 4.69) is 31.1 Å². The van der Waals surface area contributed by atoms with Gasteiger partial charge in [-0.1, -0.05) is 27.2 Å². The molecule has 7 heteroatoms. The molecule has 0 aliphatic carbocycles. The first kappa shape index (κ1) is 18.4. The summed E-state index contributed by atoms with van der Waals surface area (Å²) in [6, 6.07) is 0.438. The third-order valence-corrected chi connectivity index (χ3v) is 5.18. The van der Waals surface area contributed by atoms with Crippen LogP contribution in [0.5, 0.6) is 0 Å². The van der Waals surface area contributed by atoms with Gasteiger partial charge in [0.15, 0.2) is 5.13 Å². The molecule has 0 saturated carbocycles. The van der Waals surface area contributed by atoms with Gasteiger partial charge in [0.2, 0.25) is 0 Å². The van der Waals surface area contributed by atoms with Crippen LogP contribution in [0.2, 0.25) is 0 Å². The van der Waals surface area contributed by atoms with Gasteiger partial charge in [-0.15, -0.1) is 11.3 Å². The second-order valence-electron chi connectivity index (χ2n) is 5.70. The van der Waals surface area contributed by atoms with E-state index in [1.165, 1.54) is 11.1 Å². The number of aromatic nitrogens is 1. The van der Waals surface area contributed by atoms with Gasteiger partial charge < -0.3 is 10.2 Å². The van der Waals surface area contributed by atoms with Crippen molar-refractivity contribution in [1.82, 2.24) is 10.3 Å². The van der Waals surface area contributed by atoms with E-state index in [0.29, 0.717) is 12.6 Å². The van der Waals surface area contributed by atoms with Crippen molar-refractivity contribution >= 4 is 26.3 Å². The summed E-state index contributed by atoms with van der Waals surface area (Å²) in [6.45, 7) is 7.70. The van der Waals surface area contributed by atoms with Crippen LogP contribution < -0.4 is 10.2 Å². The zero-order valence-electron chi connectivity index (χ0n) is 13.6. The molecule has 1 aromatic rings. The molecular weight excluding hydrogens is 306 g/mol. The SMILES string of the molecule is CCCc1nc(N(C)CCS(C)(=O)=O)sc1CNC(C)C. The highest BCUT2D eigenvalue weighted by molar-refractivity contribution is 7.90. The summed E-state index contributed by atoms with van der Waals surface area (Å²) in [5.74, 6) is 0.159. The average Bonchev–Trinajstić information content (AvgIpc) is 2.76. The van der Waals surface area contributed by atoms with Crippen LogP contribution in [0.25, 0.3) is 0 Å². The summed E-state index contributed by atoms with van der Waals surface area (Å²) < 4.78 is 22.5. The topological polar surface area (TPSA) is 62.3 Å². The minimum absolute atomic E-state index is 0.159. The van der Waals surface area contributed by atoms with Crippen LogP contribution in [0.1, 0.15) is 37.8 Å². The van der Waals surface area contributed by atoms with Gasteiger partial charge in [0, 0.05) is 37.3 Å². The maximum atomic E-state index is 11.3. The lowest BCUT2D eigenvalue weighted by molar-refractivity contribution is 0.589. The van der Waals surface area contributed by atoms with E-state index in [4.69, 9.17) is 0 Å². The molecular formula is C14H27N3O2S2. The number of nitrogens with zero attached hydrogens (tertiary/aromatic N) is 2. The molecule has 1 heterocycles. The van der Waals surface area contributed by atoms with Crippen molar-refractivity contribution in [3.05, 3.63) is 10.6 Å². The summed E-state index contributed by atoms with van der Waals surface area (Å²) >= 11 is 1.66. The molecule has 0 unspecified atom stereocenters. The zero-order chi connectivity index (χ0) is 16.0. The minimum atomic E-state index is -2.94. The molecule has 21 heavy (non-hydrogen) atoms. The molecule has 0 saturated heterocycles. The molecule has 1 N–H and O–H groups in total. The van der Waals surface area contributed by atoms with E-state index in [9.17, 15) is 8.42 Å². The van der Waals surface area contributed by atoms with E-state index >= 15 is 0 Å². The van der Waals surface area contributed by atoms with Crippen LogP contribution in [0.4, 0.5) is 5.13 Å². The standard InChI is InChI=1S/C14H27N3O2S2/c1-6-7-12-13(10-15-11(2)3)20-14(16-12)17(4)8-9-21(5,18)19/h11,15H,6-10H2,1-5H3. The van der Waals surface area contributed by atoms with E-state index in [1.807, 2.05) is 11.9 Å². The average molecular weight is 334 g/mol. The van der Waals surface area contributed by atoms with Crippen molar-refractivity contribution < 1.29 is 8.42 Å². The number of anilines is 1. The number of nitrogens with one attached hydrogen (secondary N) is 1. The Morgan fingerprint density at radius 3 is 2.57 bits per heavy atom. The van der Waals surface area contributed by atoms with Crippen LogP contribution in [-0.2, 0) is 22.8 Å². The zero-order valence-corrected chi connectivity index (χ0v) is 15.3. The fourth-order valence-corrected chi connectivity index (χ4v) is 3.45. The normalized spacial score (nSPS) is 12.1. The molecule has 0 radical (unpaired) electrons. The molecule has 1 aromatic heterocycles. The van der Waals surface area contributed by atoms with E-state index in [-0.39, 0.29) is 5.75 Å². The lowest BCUT2D eigenvalue weighted by Gasteiger charge is -2.14. The lowest BCUT2D eigenvalue weighted by atomic mass is 10.2. The smallest absolute Gasteiger partial charge is 0.185 e. The lowest BCUT2D eigenvalue weighted by Crippen LogP contribution is -2.24. The third-order valence-electron chi connectivity index (χ3n) is 3.05. The molecule has 0 aliphatic heterocycles. The number of thiazole rings is 1. The highest BCUT2D eigenvalue weighted by Crippen LogP contribution is 2.26. The van der Waals surface area contributed by atoms with Crippen molar-refractivity contribution in [1.29, 1.82) is 0 Å². The van der Waals surface area contributed by atoms with Crippen LogP contribution >= 0.6 is 11.3 Å². The maximum absolute atomic E-state index is 11.3. The monoisotopic (exact) mass is 333 g/mol. The van der Waals surface area contributed by atoms with Gasteiger partial charge in [0.25, 0.3) is 0 Å². The molecule has 0 fully saturated rings. The molecule has 1 rings (SSSR count). The maximum Gasteiger partial charge on any atom is 0.185 e. The molecule has 5 nitrogen and oxygen atoms in total. The van der Waals surface area contributed by atoms with Gasteiger partial charge in [-0.05, 0) is 6.42 Å². The largest absolute Gasteiger partial charge is 0.350 e. The summed E-state index contributed by atoms with van der Waals surface area (Å²) in [6.07, 6.45) is 3.29. The molecule has 122 valence electrons. The number of sulfone groups is 1. The first-order chi connectivity index (χ1) is 9.73. The highest BCUT2D eigenvalue weighted by Gasteiger charge is 2.15. The van der Waals surface area contributed by atoms with Crippen molar-refractivity contribution in [3.8, 4) is 0 Å². The number of rotatable bonds is 9. The first-order valence-corrected chi connectivity index (χ1v) is 10.2. The molecule has 0 aromatic carbocycles. The van der Waals surface area contributed by atoms with Crippen molar-refractivity contribution in [2.24, 2.45) is 0 Å². The second-order valence-corrected chi connectivity index (χ2v) is 9.03. The first-order valence-electron chi connectivity index (χ1n) is 7.33. The summed E-state index contributed by atoms with van der Waals surface area (Å²) in [5.41, 5.74) is 1.14. The summed E-state index contributed by atoms with van der Waals surface area (Å²) in [7, 11) is -1.04. The quantitative estimate of drug-likeness (QED) is 0.749. The van der Waals surface area contributed by atoms with Gasteiger partial charge >= 0.3 is 0 Å². The van der Waals surface area contributed by atoms with E-state index in [1.54, 1.807) is 11.3 Å². The molecule has 0 spiro atoms. The molecule has 0 amide bonds. The third kappa shape index (κ3) is 6.76. The Bertz CT molecular complexity index is 538. The Labute approximate surface area is 132 Å². The van der Waals surface area contributed by atoms with Gasteiger partial charge in [-0.2, -0.15) is 0 Å². The Morgan fingerprint density at radius 2 is 2.05 bits per heavy atom. The summed E-state index contributed by atoms with van der Waals surface area (Å²) in [4.78, 5) is 7.88. The van der Waals surface area contributed by atoms with Crippen LogP contribution in [-0.4, -0.2) is 45.0 Å². The highest BCUT2D eigenvalue weighted by atomic mass is 32.2. The van der Waals surface area contributed by atoms with Crippen molar-refractivity contribution in [2.75, 3.05) is 30.5 Å². The second kappa shape index (κ2) is 8.10. The Hall–Kier alpha value is -0.660. The predicted octanol–water partition coefficient (Wildman–Crippen LogP) is 2.07. The van der Waals surface area contributed by atoms with Crippen LogP contribution in [0.3, 0.4) is 0 Å². The van der Waals surface area contributed by atoms with Crippen LogP contribution in [0.15, 0.2) is 0 Å². The number of hydrogen-bond donors (Lipinski definition) is 1. The van der Waals surface area contributed by atoms with Gasteiger partial charge in [0.1, 0.15) is 9.84 Å². The number of aryl methyl sites for hydroxylation is 1. The Kier molecular flexibility index (Phi) is 7.09. The Balaban J connectivity index is 2.80.